The van der Waals surface area contributed by atoms with Crippen molar-refractivity contribution in [2.45, 2.75) is 5.38 Å². The Morgan fingerprint density at radius 3 is 3.25 bits per heavy atom. The third-order valence-corrected chi connectivity index (χ3v) is 2.44. The molecule has 0 aromatic carbocycles. The highest BCUT2D eigenvalue weighted by Crippen LogP contribution is 2.12. The summed E-state index contributed by atoms with van der Waals surface area (Å²) < 4.78 is 6.71. The van der Waals surface area contributed by atoms with Crippen LogP contribution in [0.1, 0.15) is 0 Å². The van der Waals surface area contributed by atoms with Crippen molar-refractivity contribution in [2.24, 2.45) is 0 Å². The number of hydrogen-bond acceptors (Lipinski definition) is 4. The lowest BCUT2D eigenvalue weighted by Crippen LogP contribution is -2.19. The van der Waals surface area contributed by atoms with E-state index in [0.717, 1.165) is 11.3 Å². The molecular weight excluding hydrogens is 228 g/mol. The van der Waals surface area contributed by atoms with Gasteiger partial charge in [0.1, 0.15) is 5.52 Å². The number of halogens is 1. The Bertz CT molecular complexity index is 459. The number of rotatable bonds is 5. The highest BCUT2D eigenvalue weighted by atomic mass is 35.5. The number of hydrogen-bond donors (Lipinski definition) is 1. The summed E-state index contributed by atoms with van der Waals surface area (Å²) in [6.07, 6.45) is 5.23. The van der Waals surface area contributed by atoms with Crippen LogP contribution in [0.2, 0.25) is 0 Å². The van der Waals surface area contributed by atoms with Gasteiger partial charge in [0.25, 0.3) is 0 Å². The van der Waals surface area contributed by atoms with Crippen molar-refractivity contribution in [3.05, 3.63) is 24.7 Å². The second-order valence-corrected chi connectivity index (χ2v) is 3.99. The predicted octanol–water partition coefficient (Wildman–Crippen LogP) is 1.40. The third-order valence-electron chi connectivity index (χ3n) is 2.16. The van der Waals surface area contributed by atoms with E-state index >= 15 is 0 Å². The normalized spacial score (nSPS) is 12.9. The van der Waals surface area contributed by atoms with Crippen LogP contribution in [0.25, 0.3) is 5.52 Å². The lowest BCUT2D eigenvalue weighted by atomic mass is 10.4. The fraction of sp³-hybridized carbons (Fsp3) is 0.400. The van der Waals surface area contributed by atoms with Gasteiger partial charge in [-0.3, -0.25) is 0 Å². The van der Waals surface area contributed by atoms with E-state index < -0.39 is 0 Å². The summed E-state index contributed by atoms with van der Waals surface area (Å²) in [5.74, 6) is 0.779. The molecule has 0 amide bonds. The summed E-state index contributed by atoms with van der Waals surface area (Å²) >= 11 is 6.02. The Morgan fingerprint density at radius 2 is 2.44 bits per heavy atom. The average Bonchev–Trinajstić information content (AvgIpc) is 2.75. The van der Waals surface area contributed by atoms with Crippen molar-refractivity contribution < 1.29 is 4.74 Å². The van der Waals surface area contributed by atoms with Crippen molar-refractivity contribution in [2.75, 3.05) is 25.6 Å². The topological polar surface area (TPSA) is 51.5 Å². The van der Waals surface area contributed by atoms with E-state index in [1.165, 1.54) is 0 Å². The van der Waals surface area contributed by atoms with Crippen LogP contribution < -0.4 is 5.32 Å². The van der Waals surface area contributed by atoms with E-state index in [2.05, 4.69) is 15.4 Å². The molecule has 0 aliphatic carbocycles. The zero-order chi connectivity index (χ0) is 11.4. The number of fused-ring (bicyclic) bond motifs is 1. The monoisotopic (exact) mass is 240 g/mol. The summed E-state index contributed by atoms with van der Waals surface area (Å²) in [7, 11) is 1.63. The maximum absolute atomic E-state index is 6.02. The lowest BCUT2D eigenvalue weighted by molar-refractivity contribution is 0.200. The van der Waals surface area contributed by atoms with Gasteiger partial charge >= 0.3 is 0 Å². The smallest absolute Gasteiger partial charge is 0.152 e. The van der Waals surface area contributed by atoms with Gasteiger partial charge in [0.15, 0.2) is 5.82 Å². The lowest BCUT2D eigenvalue weighted by Gasteiger charge is -2.10. The summed E-state index contributed by atoms with van der Waals surface area (Å²) in [5.41, 5.74) is 0.934. The number of alkyl halides is 1. The van der Waals surface area contributed by atoms with Gasteiger partial charge < -0.3 is 10.1 Å². The summed E-state index contributed by atoms with van der Waals surface area (Å²) in [5, 5.41) is 7.22. The first kappa shape index (κ1) is 11.2. The first-order chi connectivity index (χ1) is 7.81. The van der Waals surface area contributed by atoms with E-state index in [1.807, 2.05) is 6.07 Å². The van der Waals surface area contributed by atoms with Crippen LogP contribution in [-0.2, 0) is 4.74 Å². The fourth-order valence-electron chi connectivity index (χ4n) is 1.44. The van der Waals surface area contributed by atoms with Crippen LogP contribution in [0.5, 0.6) is 0 Å². The SMILES string of the molecule is COCC(Cl)CNc1nccn2nccc12. The molecule has 0 aliphatic rings. The number of ether oxygens (including phenoxy) is 1. The van der Waals surface area contributed by atoms with E-state index in [-0.39, 0.29) is 5.38 Å². The number of methoxy groups -OCH3 is 1. The number of nitrogens with one attached hydrogen (secondary N) is 1. The number of aromatic nitrogens is 3. The first-order valence-corrected chi connectivity index (χ1v) is 5.40. The standard InChI is InChI=1S/C10H13ClN4O/c1-16-7-8(11)6-13-10-9-2-3-14-15(9)5-4-12-10/h2-5,8H,6-7H2,1H3,(H,12,13). The molecule has 86 valence electrons. The molecule has 0 spiro atoms. The summed E-state index contributed by atoms with van der Waals surface area (Å²) in [4.78, 5) is 4.24. The molecule has 5 nitrogen and oxygen atoms in total. The van der Waals surface area contributed by atoms with E-state index in [9.17, 15) is 0 Å². The molecule has 0 radical (unpaired) electrons. The molecular formula is C10H13ClN4O. The van der Waals surface area contributed by atoms with Gasteiger partial charge in [-0.25, -0.2) is 9.50 Å². The Hall–Kier alpha value is -1.33. The van der Waals surface area contributed by atoms with Gasteiger partial charge in [-0.15, -0.1) is 11.6 Å². The second-order valence-electron chi connectivity index (χ2n) is 3.37. The molecule has 2 aromatic rings. The highest BCUT2D eigenvalue weighted by molar-refractivity contribution is 6.21. The largest absolute Gasteiger partial charge is 0.383 e. The van der Waals surface area contributed by atoms with Gasteiger partial charge in [-0.05, 0) is 6.07 Å². The molecule has 16 heavy (non-hydrogen) atoms. The molecule has 1 N–H and O–H groups in total. The third kappa shape index (κ3) is 2.43. The van der Waals surface area contributed by atoms with Crippen LogP contribution in [-0.4, -0.2) is 40.2 Å². The molecule has 2 aromatic heterocycles. The minimum absolute atomic E-state index is 0.0741. The van der Waals surface area contributed by atoms with E-state index in [4.69, 9.17) is 16.3 Å². The van der Waals surface area contributed by atoms with Crippen molar-refractivity contribution in [1.29, 1.82) is 0 Å². The van der Waals surface area contributed by atoms with Crippen molar-refractivity contribution in [3.63, 3.8) is 0 Å². The van der Waals surface area contributed by atoms with Gasteiger partial charge in [0.2, 0.25) is 0 Å². The number of anilines is 1. The highest BCUT2D eigenvalue weighted by Gasteiger charge is 2.06. The van der Waals surface area contributed by atoms with Crippen LogP contribution in [0.15, 0.2) is 24.7 Å². The Labute approximate surface area is 98.4 Å². The molecule has 0 aliphatic heterocycles. The molecule has 1 atom stereocenters. The van der Waals surface area contributed by atoms with Gasteiger partial charge in [-0.1, -0.05) is 0 Å². The van der Waals surface area contributed by atoms with Crippen LogP contribution in [0.3, 0.4) is 0 Å². The zero-order valence-electron chi connectivity index (χ0n) is 8.93. The van der Waals surface area contributed by atoms with Crippen LogP contribution >= 0.6 is 11.6 Å². The number of nitrogens with zero attached hydrogens (tertiary/aromatic N) is 3. The van der Waals surface area contributed by atoms with Gasteiger partial charge in [-0.2, -0.15) is 5.10 Å². The maximum atomic E-state index is 6.02. The maximum Gasteiger partial charge on any atom is 0.152 e. The molecule has 0 fully saturated rings. The second kappa shape index (κ2) is 5.14. The van der Waals surface area contributed by atoms with Crippen LogP contribution in [0.4, 0.5) is 5.82 Å². The molecule has 2 rings (SSSR count). The first-order valence-electron chi connectivity index (χ1n) is 4.96. The zero-order valence-corrected chi connectivity index (χ0v) is 9.68. The van der Waals surface area contributed by atoms with Crippen molar-refractivity contribution >= 4 is 22.9 Å². The molecule has 6 heteroatoms. The summed E-state index contributed by atoms with van der Waals surface area (Å²) in [6, 6.07) is 1.90. The van der Waals surface area contributed by atoms with Gasteiger partial charge in [0.05, 0.1) is 18.2 Å². The minimum atomic E-state index is -0.0741. The molecule has 0 bridgehead atoms. The fourth-order valence-corrected chi connectivity index (χ4v) is 1.64. The van der Waals surface area contributed by atoms with Crippen molar-refractivity contribution in [1.82, 2.24) is 14.6 Å². The molecule has 2 heterocycles. The molecule has 0 saturated carbocycles. The van der Waals surface area contributed by atoms with Crippen molar-refractivity contribution in [3.8, 4) is 0 Å². The Balaban J connectivity index is 2.06. The Morgan fingerprint density at radius 1 is 1.56 bits per heavy atom. The minimum Gasteiger partial charge on any atom is -0.383 e. The summed E-state index contributed by atoms with van der Waals surface area (Å²) in [6.45, 7) is 1.12. The molecule has 1 unspecified atom stereocenters. The van der Waals surface area contributed by atoms with E-state index in [0.29, 0.717) is 13.2 Å². The quantitative estimate of drug-likeness (QED) is 0.803. The Kier molecular flexibility index (Phi) is 3.58. The van der Waals surface area contributed by atoms with Gasteiger partial charge in [0, 0.05) is 26.0 Å². The van der Waals surface area contributed by atoms with E-state index in [1.54, 1.807) is 30.2 Å². The average molecular weight is 241 g/mol. The van der Waals surface area contributed by atoms with Crippen LogP contribution in [0, 0.1) is 0 Å². The predicted molar refractivity (Wildman–Crippen MR) is 63.0 cm³/mol. The molecule has 0 saturated heterocycles.